The Balaban J connectivity index is 3.11. The average Bonchev–Trinajstić information content (AvgIpc) is 2.42. The molecule has 1 aromatic carbocycles. The van der Waals surface area contributed by atoms with Gasteiger partial charge in [0.25, 0.3) is 11.4 Å². The molecule has 1 rings (SSSR count). The van der Waals surface area contributed by atoms with Crippen LogP contribution in [0.15, 0.2) is 23.1 Å². The van der Waals surface area contributed by atoms with Gasteiger partial charge in [-0.3, -0.25) is 24.4 Å². The zero-order valence-electron chi connectivity index (χ0n) is 11.2. The Bertz CT molecular complexity index is 642. The van der Waals surface area contributed by atoms with Crippen LogP contribution in [-0.2, 0) is 14.3 Å². The highest BCUT2D eigenvalue weighted by Gasteiger charge is 2.29. The molecule has 0 bridgehead atoms. The number of rotatable bonds is 8. The van der Waals surface area contributed by atoms with Crippen molar-refractivity contribution in [2.75, 3.05) is 6.61 Å². The summed E-state index contributed by atoms with van der Waals surface area (Å²) in [6.45, 7) is 1.83. The lowest BCUT2D eigenvalue weighted by Gasteiger charge is -2.06. The van der Waals surface area contributed by atoms with Gasteiger partial charge in [-0.2, -0.15) is 8.42 Å². The van der Waals surface area contributed by atoms with Crippen molar-refractivity contribution >= 4 is 21.5 Å². The lowest BCUT2D eigenvalue weighted by molar-refractivity contribution is -0.396. The van der Waals surface area contributed by atoms with Crippen LogP contribution >= 0.6 is 0 Å². The maximum atomic E-state index is 11.9. The van der Waals surface area contributed by atoms with E-state index in [0.29, 0.717) is 12.5 Å². The molecule has 0 aliphatic carbocycles. The minimum atomic E-state index is -4.32. The van der Waals surface area contributed by atoms with Gasteiger partial charge >= 0.3 is 10.1 Å². The number of nitrogens with zero attached hydrogens (tertiary/aromatic N) is 2. The van der Waals surface area contributed by atoms with Gasteiger partial charge in [0.15, 0.2) is 4.90 Å². The number of unbranched alkanes of at least 4 members (excludes halogenated alkanes) is 2. The highest BCUT2D eigenvalue weighted by atomic mass is 32.2. The maximum absolute atomic E-state index is 11.9. The van der Waals surface area contributed by atoms with E-state index in [1.54, 1.807) is 0 Å². The Morgan fingerprint density at radius 1 is 1.14 bits per heavy atom. The predicted octanol–water partition coefficient (Wildman–Crippen LogP) is 2.40. The summed E-state index contributed by atoms with van der Waals surface area (Å²) in [6.07, 6.45) is 2.12. The Morgan fingerprint density at radius 2 is 1.81 bits per heavy atom. The molecule has 0 saturated carbocycles. The van der Waals surface area contributed by atoms with Crippen LogP contribution in [0.4, 0.5) is 11.4 Å². The van der Waals surface area contributed by atoms with Crippen LogP contribution in [0.3, 0.4) is 0 Å². The van der Waals surface area contributed by atoms with Gasteiger partial charge in [0.1, 0.15) is 0 Å². The number of hydrogen-bond acceptors (Lipinski definition) is 7. The fourth-order valence-corrected chi connectivity index (χ4v) is 2.65. The molecular formula is C11H14N2O7S. The predicted molar refractivity (Wildman–Crippen MR) is 72.4 cm³/mol. The number of hydrogen-bond donors (Lipinski definition) is 0. The highest BCUT2D eigenvalue weighted by molar-refractivity contribution is 7.87. The third kappa shape index (κ3) is 4.46. The van der Waals surface area contributed by atoms with E-state index in [9.17, 15) is 28.6 Å². The number of nitro groups is 2. The van der Waals surface area contributed by atoms with Crippen molar-refractivity contribution in [1.29, 1.82) is 0 Å². The van der Waals surface area contributed by atoms with Crippen LogP contribution in [0, 0.1) is 20.2 Å². The van der Waals surface area contributed by atoms with E-state index in [1.165, 1.54) is 0 Å². The second kappa shape index (κ2) is 7.09. The summed E-state index contributed by atoms with van der Waals surface area (Å²) >= 11 is 0. The molecule has 0 heterocycles. The number of non-ortho nitro benzene ring substituents is 1. The van der Waals surface area contributed by atoms with Crippen LogP contribution in [-0.4, -0.2) is 24.9 Å². The molecular weight excluding hydrogens is 304 g/mol. The Hall–Kier alpha value is -2.07. The summed E-state index contributed by atoms with van der Waals surface area (Å²) < 4.78 is 28.5. The van der Waals surface area contributed by atoms with Gasteiger partial charge in [-0.05, 0) is 12.5 Å². The van der Waals surface area contributed by atoms with Gasteiger partial charge in [-0.25, -0.2) is 0 Å². The summed E-state index contributed by atoms with van der Waals surface area (Å²) in [4.78, 5) is 18.9. The normalized spacial score (nSPS) is 11.3. The van der Waals surface area contributed by atoms with Crippen molar-refractivity contribution < 1.29 is 22.4 Å². The van der Waals surface area contributed by atoms with E-state index in [2.05, 4.69) is 0 Å². The first-order chi connectivity index (χ1) is 9.79. The first kappa shape index (κ1) is 17.0. The molecule has 0 fully saturated rings. The molecule has 0 saturated heterocycles. The summed E-state index contributed by atoms with van der Waals surface area (Å²) in [6, 6.07) is 2.29. The minimum absolute atomic E-state index is 0.0929. The molecule has 0 spiro atoms. The Kier molecular flexibility index (Phi) is 5.73. The van der Waals surface area contributed by atoms with Gasteiger partial charge in [0.05, 0.1) is 22.5 Å². The third-order valence-electron chi connectivity index (χ3n) is 2.61. The molecule has 9 nitrogen and oxygen atoms in total. The van der Waals surface area contributed by atoms with Gasteiger partial charge in [-0.15, -0.1) is 0 Å². The SMILES string of the molecule is CCCCCOS(=O)(=O)c1ccc([N+](=O)[O-])cc1[N+](=O)[O-]. The van der Waals surface area contributed by atoms with E-state index in [1.807, 2.05) is 6.92 Å². The van der Waals surface area contributed by atoms with Gasteiger partial charge < -0.3 is 0 Å². The van der Waals surface area contributed by atoms with Crippen molar-refractivity contribution in [3.8, 4) is 0 Å². The Morgan fingerprint density at radius 3 is 2.33 bits per heavy atom. The molecule has 0 aliphatic rings. The molecule has 0 atom stereocenters. The molecule has 0 unspecified atom stereocenters. The zero-order valence-corrected chi connectivity index (χ0v) is 12.0. The molecule has 0 aromatic heterocycles. The van der Waals surface area contributed by atoms with Gasteiger partial charge in [-0.1, -0.05) is 19.8 Å². The highest BCUT2D eigenvalue weighted by Crippen LogP contribution is 2.29. The maximum Gasteiger partial charge on any atom is 0.303 e. The van der Waals surface area contributed by atoms with E-state index in [-0.39, 0.29) is 6.61 Å². The number of nitro benzene ring substituents is 2. The summed E-state index contributed by atoms with van der Waals surface area (Å²) in [5.41, 5.74) is -1.44. The van der Waals surface area contributed by atoms with E-state index in [4.69, 9.17) is 4.18 Å². The molecule has 0 aliphatic heterocycles. The van der Waals surface area contributed by atoms with E-state index in [0.717, 1.165) is 25.0 Å². The molecule has 10 heteroatoms. The average molecular weight is 318 g/mol. The summed E-state index contributed by atoms with van der Waals surface area (Å²) in [5, 5.41) is 21.5. The lowest BCUT2D eigenvalue weighted by atomic mass is 10.3. The van der Waals surface area contributed by atoms with Crippen molar-refractivity contribution in [2.45, 2.75) is 31.1 Å². The third-order valence-corrected chi connectivity index (χ3v) is 3.97. The largest absolute Gasteiger partial charge is 0.303 e. The summed E-state index contributed by atoms with van der Waals surface area (Å²) in [5.74, 6) is 0. The summed E-state index contributed by atoms with van der Waals surface area (Å²) in [7, 11) is -4.32. The van der Waals surface area contributed by atoms with Crippen LogP contribution in [0.1, 0.15) is 26.2 Å². The molecule has 0 amide bonds. The van der Waals surface area contributed by atoms with Crippen molar-refractivity contribution in [2.24, 2.45) is 0 Å². The quantitative estimate of drug-likeness (QED) is 0.311. The van der Waals surface area contributed by atoms with Crippen LogP contribution in [0.25, 0.3) is 0 Å². The lowest BCUT2D eigenvalue weighted by Crippen LogP contribution is -2.10. The monoisotopic (exact) mass is 318 g/mol. The molecule has 0 N–H and O–H groups in total. The van der Waals surface area contributed by atoms with Crippen LogP contribution < -0.4 is 0 Å². The topological polar surface area (TPSA) is 130 Å². The van der Waals surface area contributed by atoms with E-state index < -0.39 is 36.2 Å². The molecule has 116 valence electrons. The van der Waals surface area contributed by atoms with Crippen LogP contribution in [0.2, 0.25) is 0 Å². The number of benzene rings is 1. The molecule has 1 aromatic rings. The van der Waals surface area contributed by atoms with Crippen LogP contribution in [0.5, 0.6) is 0 Å². The second-order valence-electron chi connectivity index (χ2n) is 4.15. The van der Waals surface area contributed by atoms with Crippen molar-refractivity contribution in [3.05, 3.63) is 38.4 Å². The smallest absolute Gasteiger partial charge is 0.266 e. The van der Waals surface area contributed by atoms with Crippen molar-refractivity contribution in [3.63, 3.8) is 0 Å². The minimum Gasteiger partial charge on any atom is -0.266 e. The standard InChI is InChI=1S/C11H14N2O7S/c1-2-3-4-7-20-21(18,19)11-6-5-9(12(14)15)8-10(11)13(16)17/h5-6,8H,2-4,7H2,1H3. The molecule has 0 radical (unpaired) electrons. The van der Waals surface area contributed by atoms with Gasteiger partial charge in [0, 0.05) is 6.07 Å². The molecule has 21 heavy (non-hydrogen) atoms. The van der Waals surface area contributed by atoms with Crippen molar-refractivity contribution in [1.82, 2.24) is 0 Å². The second-order valence-corrected chi connectivity index (χ2v) is 5.73. The zero-order chi connectivity index (χ0) is 16.0. The Labute approximate surface area is 121 Å². The fourth-order valence-electron chi connectivity index (χ4n) is 1.56. The van der Waals surface area contributed by atoms with E-state index >= 15 is 0 Å². The first-order valence-electron chi connectivity index (χ1n) is 6.12. The first-order valence-corrected chi connectivity index (χ1v) is 7.52. The van der Waals surface area contributed by atoms with Gasteiger partial charge in [0.2, 0.25) is 0 Å². The fraction of sp³-hybridized carbons (Fsp3) is 0.455.